The Morgan fingerprint density at radius 1 is 1.06 bits per heavy atom. The number of hydrogen-bond acceptors (Lipinski definition) is 5. The molecule has 0 saturated carbocycles. The van der Waals surface area contributed by atoms with Gasteiger partial charge < -0.3 is 14.6 Å². The number of nitrogens with zero attached hydrogens (tertiary/aromatic N) is 1. The zero-order chi connectivity index (χ0) is 24.2. The Morgan fingerprint density at radius 3 is 2.59 bits per heavy atom. The molecule has 0 amide bonds. The van der Waals surface area contributed by atoms with Gasteiger partial charge in [-0.15, -0.1) is 11.8 Å². The number of aliphatic carboxylic acids is 1. The van der Waals surface area contributed by atoms with Crippen molar-refractivity contribution in [2.75, 3.05) is 13.7 Å². The summed E-state index contributed by atoms with van der Waals surface area (Å²) in [6.45, 7) is 2.69. The fourth-order valence-corrected chi connectivity index (χ4v) is 4.51. The van der Waals surface area contributed by atoms with E-state index in [4.69, 9.17) is 14.6 Å². The molecule has 0 bridgehead atoms. The van der Waals surface area contributed by atoms with E-state index in [2.05, 4.69) is 42.2 Å². The smallest absolute Gasteiger partial charge is 0.328 e. The number of thioether (sulfide) groups is 1. The van der Waals surface area contributed by atoms with Crippen LogP contribution in [0.4, 0.5) is 0 Å². The summed E-state index contributed by atoms with van der Waals surface area (Å²) in [6.07, 6.45) is 6.43. The highest BCUT2D eigenvalue weighted by Gasteiger charge is 2.08. The van der Waals surface area contributed by atoms with Crippen LogP contribution in [-0.2, 0) is 23.4 Å². The van der Waals surface area contributed by atoms with Gasteiger partial charge in [0.1, 0.15) is 17.2 Å². The third-order valence-electron chi connectivity index (χ3n) is 5.33. The number of hydrogen-bond donors (Lipinski definition) is 1. The minimum absolute atomic E-state index is 0.541. The van der Waals surface area contributed by atoms with Gasteiger partial charge in [-0.3, -0.25) is 0 Å². The fraction of sp³-hybridized carbons (Fsp3) is 0.286. The minimum atomic E-state index is -1.01. The van der Waals surface area contributed by atoms with Crippen LogP contribution in [-0.4, -0.2) is 29.8 Å². The molecule has 178 valence electrons. The van der Waals surface area contributed by atoms with Crippen LogP contribution in [0.25, 0.3) is 6.08 Å². The summed E-state index contributed by atoms with van der Waals surface area (Å²) in [5.41, 5.74) is 4.00. The molecule has 2 aromatic carbocycles. The minimum Gasteiger partial charge on any atom is -0.497 e. The van der Waals surface area contributed by atoms with Crippen molar-refractivity contribution < 1.29 is 19.4 Å². The van der Waals surface area contributed by atoms with Crippen molar-refractivity contribution in [1.82, 2.24) is 4.98 Å². The topological polar surface area (TPSA) is 68.7 Å². The van der Waals surface area contributed by atoms with Crippen molar-refractivity contribution in [2.24, 2.45) is 0 Å². The van der Waals surface area contributed by atoms with Crippen molar-refractivity contribution in [2.45, 2.75) is 43.3 Å². The molecule has 6 heteroatoms. The van der Waals surface area contributed by atoms with Gasteiger partial charge in [0, 0.05) is 16.7 Å². The van der Waals surface area contributed by atoms with E-state index in [-0.39, 0.29) is 0 Å². The molecule has 0 spiro atoms. The Hall–Kier alpha value is -3.25. The van der Waals surface area contributed by atoms with E-state index in [1.165, 1.54) is 22.1 Å². The lowest BCUT2D eigenvalue weighted by Gasteiger charge is -2.11. The number of benzene rings is 2. The summed E-state index contributed by atoms with van der Waals surface area (Å²) in [4.78, 5) is 17.0. The van der Waals surface area contributed by atoms with Crippen molar-refractivity contribution >= 4 is 23.8 Å². The van der Waals surface area contributed by atoms with Gasteiger partial charge in [0.05, 0.1) is 19.4 Å². The Bertz CT molecular complexity index is 1100. The van der Waals surface area contributed by atoms with E-state index >= 15 is 0 Å². The second-order valence-corrected chi connectivity index (χ2v) is 8.78. The average Bonchev–Trinajstić information content (AvgIpc) is 2.87. The lowest BCUT2D eigenvalue weighted by molar-refractivity contribution is -0.131. The first kappa shape index (κ1) is 25.4. The van der Waals surface area contributed by atoms with Crippen LogP contribution >= 0.6 is 11.8 Å². The van der Waals surface area contributed by atoms with Crippen LogP contribution in [0.2, 0.25) is 0 Å². The van der Waals surface area contributed by atoms with Crippen LogP contribution in [0.15, 0.2) is 71.6 Å². The van der Waals surface area contributed by atoms with Crippen LogP contribution in [0.5, 0.6) is 11.5 Å². The molecule has 1 heterocycles. The summed E-state index contributed by atoms with van der Waals surface area (Å²) in [5, 5.41) is 9.06. The van der Waals surface area contributed by atoms with Gasteiger partial charge in [-0.1, -0.05) is 37.3 Å². The highest BCUT2D eigenvalue weighted by molar-refractivity contribution is 7.98. The second kappa shape index (κ2) is 13.5. The summed E-state index contributed by atoms with van der Waals surface area (Å²) < 4.78 is 11.2. The standard InChI is InChI=1S/C28H31NO4S/c1-3-22-9-4-5-10-27(22)34-20-23-13-17-26(25(29-23)16-18-28(30)31)33-19-7-6-8-21-11-14-24(32-2)15-12-21/h4-5,9-18H,3,6-8,19-20H2,1-2H3,(H,30,31)/b18-16+. The van der Waals surface area contributed by atoms with Gasteiger partial charge in [-0.2, -0.15) is 0 Å². The molecule has 0 fully saturated rings. The summed E-state index contributed by atoms with van der Waals surface area (Å²) in [6, 6.07) is 20.3. The number of rotatable bonds is 13. The first-order chi connectivity index (χ1) is 16.6. The molecule has 0 aliphatic rings. The Balaban J connectivity index is 1.57. The molecule has 5 nitrogen and oxygen atoms in total. The van der Waals surface area contributed by atoms with Crippen molar-refractivity contribution in [1.29, 1.82) is 0 Å². The zero-order valence-electron chi connectivity index (χ0n) is 19.7. The molecule has 0 saturated heterocycles. The lowest BCUT2D eigenvalue weighted by Crippen LogP contribution is -2.02. The number of aromatic nitrogens is 1. The average molecular weight is 478 g/mol. The number of aryl methyl sites for hydroxylation is 2. The maximum absolute atomic E-state index is 11.1. The highest BCUT2D eigenvalue weighted by Crippen LogP contribution is 2.28. The Morgan fingerprint density at radius 2 is 1.85 bits per heavy atom. The summed E-state index contributed by atoms with van der Waals surface area (Å²) in [5.74, 6) is 1.15. The summed E-state index contributed by atoms with van der Waals surface area (Å²) in [7, 11) is 1.66. The fourth-order valence-electron chi connectivity index (χ4n) is 3.47. The number of carboxylic acids is 1. The van der Waals surface area contributed by atoms with E-state index in [1.54, 1.807) is 18.9 Å². The van der Waals surface area contributed by atoms with E-state index in [0.717, 1.165) is 43.2 Å². The number of pyridine rings is 1. The molecule has 3 aromatic rings. The molecule has 1 aromatic heterocycles. The Labute approximate surface area is 205 Å². The Kier molecular flexibility index (Phi) is 10.0. The third kappa shape index (κ3) is 7.96. The lowest BCUT2D eigenvalue weighted by atomic mass is 10.1. The first-order valence-electron chi connectivity index (χ1n) is 11.5. The predicted molar refractivity (Wildman–Crippen MR) is 138 cm³/mol. The molecular weight excluding hydrogens is 446 g/mol. The molecular formula is C28H31NO4S. The molecule has 0 radical (unpaired) electrons. The zero-order valence-corrected chi connectivity index (χ0v) is 20.5. The van der Waals surface area contributed by atoms with E-state index in [1.807, 2.05) is 30.3 Å². The van der Waals surface area contributed by atoms with Gasteiger partial charge in [0.2, 0.25) is 0 Å². The number of methoxy groups -OCH3 is 1. The predicted octanol–water partition coefficient (Wildman–Crippen LogP) is 6.44. The maximum Gasteiger partial charge on any atom is 0.328 e. The molecule has 34 heavy (non-hydrogen) atoms. The number of carboxylic acid groups (broad SMARTS) is 1. The molecule has 3 rings (SSSR count). The monoisotopic (exact) mass is 477 g/mol. The molecule has 0 unspecified atom stereocenters. The number of unbranched alkanes of at least 4 members (excludes halogenated alkanes) is 1. The van der Waals surface area contributed by atoms with E-state index in [9.17, 15) is 4.79 Å². The van der Waals surface area contributed by atoms with Gasteiger partial charge in [-0.25, -0.2) is 9.78 Å². The molecule has 0 atom stereocenters. The maximum atomic E-state index is 11.1. The number of carbonyl (C=O) groups is 1. The van der Waals surface area contributed by atoms with Crippen LogP contribution in [0, 0.1) is 0 Å². The normalized spacial score (nSPS) is 11.0. The number of ether oxygens (including phenoxy) is 2. The largest absolute Gasteiger partial charge is 0.497 e. The SMILES string of the molecule is CCc1ccccc1SCc1ccc(OCCCCc2ccc(OC)cc2)c(/C=C/C(=O)O)n1. The van der Waals surface area contributed by atoms with Gasteiger partial charge in [-0.05, 0) is 73.2 Å². The molecule has 0 aliphatic heterocycles. The third-order valence-corrected chi connectivity index (χ3v) is 6.48. The van der Waals surface area contributed by atoms with Crippen molar-refractivity contribution in [3.8, 4) is 11.5 Å². The van der Waals surface area contributed by atoms with E-state index in [0.29, 0.717) is 23.8 Å². The molecule has 1 N–H and O–H groups in total. The highest BCUT2D eigenvalue weighted by atomic mass is 32.2. The van der Waals surface area contributed by atoms with Crippen LogP contribution < -0.4 is 9.47 Å². The van der Waals surface area contributed by atoms with Gasteiger partial charge in [0.15, 0.2) is 0 Å². The van der Waals surface area contributed by atoms with Crippen LogP contribution in [0.3, 0.4) is 0 Å². The first-order valence-corrected chi connectivity index (χ1v) is 12.4. The van der Waals surface area contributed by atoms with Crippen molar-refractivity contribution in [3.05, 3.63) is 89.3 Å². The van der Waals surface area contributed by atoms with Gasteiger partial charge in [0.25, 0.3) is 0 Å². The van der Waals surface area contributed by atoms with E-state index < -0.39 is 5.97 Å². The quantitative estimate of drug-likeness (QED) is 0.173. The second-order valence-electron chi connectivity index (χ2n) is 7.76. The molecule has 0 aliphatic carbocycles. The van der Waals surface area contributed by atoms with Crippen LogP contribution in [0.1, 0.15) is 42.3 Å². The van der Waals surface area contributed by atoms with Gasteiger partial charge >= 0.3 is 5.97 Å². The van der Waals surface area contributed by atoms with Crippen molar-refractivity contribution in [3.63, 3.8) is 0 Å². The summed E-state index contributed by atoms with van der Waals surface area (Å²) >= 11 is 1.74.